The van der Waals surface area contributed by atoms with E-state index < -0.39 is 10.0 Å². The van der Waals surface area contributed by atoms with Gasteiger partial charge in [-0.05, 0) is 44.0 Å². The second kappa shape index (κ2) is 5.55. The molecule has 6 heteroatoms. The van der Waals surface area contributed by atoms with E-state index in [9.17, 15) is 8.42 Å². The Bertz CT molecular complexity index is 700. The quantitative estimate of drug-likeness (QED) is 0.858. The van der Waals surface area contributed by atoms with Crippen molar-refractivity contribution in [1.82, 2.24) is 10.0 Å². The Morgan fingerprint density at radius 3 is 2.87 bits per heavy atom. The Morgan fingerprint density at radius 2 is 2.17 bits per heavy atom. The van der Waals surface area contributed by atoms with Crippen molar-refractivity contribution < 1.29 is 13.2 Å². The zero-order chi connectivity index (χ0) is 16.1. The lowest BCUT2D eigenvalue weighted by Gasteiger charge is -2.63. The van der Waals surface area contributed by atoms with E-state index in [-0.39, 0.29) is 0 Å². The van der Waals surface area contributed by atoms with Crippen LogP contribution in [0.2, 0.25) is 0 Å². The lowest BCUT2D eigenvalue weighted by atomic mass is 9.46. The molecule has 3 fully saturated rings. The van der Waals surface area contributed by atoms with Gasteiger partial charge in [-0.3, -0.25) is 0 Å². The summed E-state index contributed by atoms with van der Waals surface area (Å²) in [7, 11) is -1.94. The van der Waals surface area contributed by atoms with Crippen LogP contribution >= 0.6 is 0 Å². The van der Waals surface area contributed by atoms with Crippen LogP contribution < -0.4 is 10.0 Å². The van der Waals surface area contributed by atoms with E-state index in [4.69, 9.17) is 4.74 Å². The van der Waals surface area contributed by atoms with E-state index in [0.29, 0.717) is 34.9 Å². The maximum Gasteiger partial charge on any atom is 0.240 e. The molecule has 0 amide bonds. The van der Waals surface area contributed by atoms with Gasteiger partial charge in [-0.1, -0.05) is 18.6 Å². The highest BCUT2D eigenvalue weighted by molar-refractivity contribution is 7.89. The minimum absolute atomic E-state index is 0.327. The summed E-state index contributed by atoms with van der Waals surface area (Å²) in [6, 6.07) is 7.70. The van der Waals surface area contributed by atoms with Crippen LogP contribution in [0.5, 0.6) is 0 Å². The van der Waals surface area contributed by atoms with Crippen LogP contribution in [0.25, 0.3) is 0 Å². The molecule has 1 saturated heterocycles. The zero-order valence-corrected chi connectivity index (χ0v) is 14.2. The zero-order valence-electron chi connectivity index (χ0n) is 13.4. The maximum absolute atomic E-state index is 11.9. The van der Waals surface area contributed by atoms with Gasteiger partial charge in [0, 0.05) is 30.5 Å². The molecule has 1 heterocycles. The Morgan fingerprint density at radius 1 is 1.35 bits per heavy atom. The first-order chi connectivity index (χ1) is 11.1. The first-order valence-electron chi connectivity index (χ1n) is 8.44. The monoisotopic (exact) mass is 336 g/mol. The van der Waals surface area contributed by atoms with Gasteiger partial charge in [-0.2, -0.15) is 0 Å². The molecule has 1 spiro atoms. The van der Waals surface area contributed by atoms with Crippen molar-refractivity contribution in [3.05, 3.63) is 29.8 Å². The smallest absolute Gasteiger partial charge is 0.240 e. The van der Waals surface area contributed by atoms with Crippen molar-refractivity contribution >= 4 is 10.0 Å². The van der Waals surface area contributed by atoms with Crippen molar-refractivity contribution in [3.63, 3.8) is 0 Å². The second-order valence-corrected chi connectivity index (χ2v) is 8.93. The summed E-state index contributed by atoms with van der Waals surface area (Å²) in [5.74, 6) is 0.638. The molecule has 3 atom stereocenters. The van der Waals surface area contributed by atoms with Crippen LogP contribution in [0.3, 0.4) is 0 Å². The van der Waals surface area contributed by atoms with Gasteiger partial charge in [0.25, 0.3) is 0 Å². The first kappa shape index (κ1) is 15.6. The van der Waals surface area contributed by atoms with Gasteiger partial charge in [0.15, 0.2) is 0 Å². The Labute approximate surface area is 137 Å². The molecule has 0 radical (unpaired) electrons. The lowest BCUT2D eigenvalue weighted by molar-refractivity contribution is -0.176. The molecule has 0 aromatic heterocycles. The highest BCUT2D eigenvalue weighted by Gasteiger charge is 2.66. The minimum Gasteiger partial charge on any atom is -0.377 e. The Kier molecular flexibility index (Phi) is 3.76. The average Bonchev–Trinajstić information content (AvgIpc) is 2.91. The number of benzene rings is 1. The van der Waals surface area contributed by atoms with Crippen LogP contribution in [0.4, 0.5) is 0 Å². The van der Waals surface area contributed by atoms with Gasteiger partial charge in [-0.15, -0.1) is 0 Å². The number of nitrogens with one attached hydrogen (secondary N) is 2. The normalized spacial score (nSPS) is 31.4. The molecule has 5 nitrogen and oxygen atoms in total. The molecular weight excluding hydrogens is 312 g/mol. The fourth-order valence-electron chi connectivity index (χ4n) is 4.73. The molecule has 23 heavy (non-hydrogen) atoms. The molecule has 3 aliphatic rings. The Hall–Kier alpha value is -0.950. The standard InChI is InChI=1S/C17H24N2O3S/c1-18-23(20,21)13-5-2-4-12(10-13)11-19-15-14-6-9-22-16(14)17(15)7-3-8-17/h2,4-5,10,14-16,18-19H,3,6-9,11H2,1H3/t14-,15+,16+/m0/s1. The predicted molar refractivity (Wildman–Crippen MR) is 87.4 cm³/mol. The third-order valence-electron chi connectivity index (χ3n) is 6.04. The first-order valence-corrected chi connectivity index (χ1v) is 9.93. The molecule has 2 aliphatic carbocycles. The second-order valence-electron chi connectivity index (χ2n) is 7.04. The predicted octanol–water partition coefficient (Wildman–Crippen LogP) is 1.64. The highest BCUT2D eigenvalue weighted by atomic mass is 32.2. The molecule has 0 unspecified atom stereocenters. The number of fused-ring (bicyclic) bond motifs is 2. The summed E-state index contributed by atoms with van der Waals surface area (Å²) in [4.78, 5) is 0.327. The van der Waals surface area contributed by atoms with E-state index in [0.717, 1.165) is 18.6 Å². The van der Waals surface area contributed by atoms with Crippen LogP contribution in [-0.2, 0) is 21.3 Å². The SMILES string of the molecule is CNS(=O)(=O)c1cccc(CN[C@@H]2[C@@H]3CCO[C@H]3C23CCC3)c1. The van der Waals surface area contributed by atoms with Crippen molar-refractivity contribution in [2.45, 2.75) is 49.3 Å². The topological polar surface area (TPSA) is 67.4 Å². The average molecular weight is 336 g/mol. The number of hydrogen-bond acceptors (Lipinski definition) is 4. The van der Waals surface area contributed by atoms with Crippen molar-refractivity contribution in [1.29, 1.82) is 0 Å². The van der Waals surface area contributed by atoms with Crippen LogP contribution in [0.15, 0.2) is 29.2 Å². The molecule has 1 aliphatic heterocycles. The third kappa shape index (κ3) is 2.35. The molecule has 0 bridgehead atoms. The van der Waals surface area contributed by atoms with E-state index in [1.807, 2.05) is 12.1 Å². The fraction of sp³-hybridized carbons (Fsp3) is 0.647. The molecule has 2 N–H and O–H groups in total. The summed E-state index contributed by atoms with van der Waals surface area (Å²) in [6.45, 7) is 1.61. The Balaban J connectivity index is 1.46. The van der Waals surface area contributed by atoms with Crippen LogP contribution in [0.1, 0.15) is 31.2 Å². The van der Waals surface area contributed by atoms with Gasteiger partial charge in [0.05, 0.1) is 11.0 Å². The van der Waals surface area contributed by atoms with Crippen LogP contribution in [0, 0.1) is 11.3 Å². The summed E-state index contributed by atoms with van der Waals surface area (Å²) in [5, 5.41) is 3.70. The summed E-state index contributed by atoms with van der Waals surface area (Å²) >= 11 is 0. The number of rotatable bonds is 5. The minimum atomic E-state index is -3.38. The van der Waals surface area contributed by atoms with E-state index in [1.54, 1.807) is 12.1 Å². The van der Waals surface area contributed by atoms with E-state index in [1.165, 1.54) is 26.3 Å². The number of sulfonamides is 1. The molecular formula is C17H24N2O3S. The molecule has 2 saturated carbocycles. The molecule has 4 rings (SSSR count). The highest BCUT2D eigenvalue weighted by Crippen LogP contribution is 2.62. The largest absolute Gasteiger partial charge is 0.377 e. The van der Waals surface area contributed by atoms with Crippen molar-refractivity contribution in [3.8, 4) is 0 Å². The summed E-state index contributed by atoms with van der Waals surface area (Å²) in [6.07, 6.45) is 5.45. The summed E-state index contributed by atoms with van der Waals surface area (Å²) < 4.78 is 32.1. The van der Waals surface area contributed by atoms with Gasteiger partial charge in [0.2, 0.25) is 10.0 Å². The molecule has 1 aromatic carbocycles. The van der Waals surface area contributed by atoms with Gasteiger partial charge >= 0.3 is 0 Å². The summed E-state index contributed by atoms with van der Waals surface area (Å²) in [5.41, 5.74) is 1.37. The van der Waals surface area contributed by atoms with Gasteiger partial charge in [-0.25, -0.2) is 13.1 Å². The van der Waals surface area contributed by atoms with Crippen molar-refractivity contribution in [2.24, 2.45) is 11.3 Å². The maximum atomic E-state index is 11.9. The number of hydrogen-bond donors (Lipinski definition) is 2. The van der Waals surface area contributed by atoms with E-state index in [2.05, 4.69) is 10.0 Å². The van der Waals surface area contributed by atoms with Crippen molar-refractivity contribution in [2.75, 3.05) is 13.7 Å². The lowest BCUT2D eigenvalue weighted by Crippen LogP contribution is -2.70. The molecule has 126 valence electrons. The number of ether oxygens (including phenoxy) is 1. The van der Waals surface area contributed by atoms with Gasteiger partial charge in [0.1, 0.15) is 0 Å². The third-order valence-corrected chi connectivity index (χ3v) is 7.45. The van der Waals surface area contributed by atoms with E-state index >= 15 is 0 Å². The molecule has 1 aromatic rings. The fourth-order valence-corrected chi connectivity index (χ4v) is 5.53. The van der Waals surface area contributed by atoms with Crippen LogP contribution in [-0.4, -0.2) is 34.2 Å². The van der Waals surface area contributed by atoms with Gasteiger partial charge < -0.3 is 10.1 Å².